The van der Waals surface area contributed by atoms with E-state index in [0.29, 0.717) is 28.3 Å². The lowest BCUT2D eigenvalue weighted by atomic mass is 9.95. The van der Waals surface area contributed by atoms with E-state index < -0.39 is 0 Å². The third kappa shape index (κ3) is 3.10. The molecule has 0 unspecified atom stereocenters. The zero-order valence-electron chi connectivity index (χ0n) is 14.2. The van der Waals surface area contributed by atoms with E-state index in [9.17, 15) is 9.59 Å². The van der Waals surface area contributed by atoms with Gasteiger partial charge in [0, 0.05) is 10.4 Å². The van der Waals surface area contributed by atoms with E-state index in [-0.39, 0.29) is 11.9 Å². The van der Waals surface area contributed by atoms with E-state index in [1.807, 2.05) is 0 Å². The van der Waals surface area contributed by atoms with Crippen LogP contribution < -0.4 is 5.32 Å². The van der Waals surface area contributed by atoms with Gasteiger partial charge in [0.25, 0.3) is 5.91 Å². The van der Waals surface area contributed by atoms with Gasteiger partial charge in [0.15, 0.2) is 0 Å². The van der Waals surface area contributed by atoms with E-state index in [1.165, 1.54) is 16.2 Å². The number of anilines is 1. The molecule has 3 aromatic rings. The molecule has 0 saturated carbocycles. The first-order valence-electron chi connectivity index (χ1n) is 8.52. The second kappa shape index (κ2) is 7.13. The Labute approximate surface area is 158 Å². The van der Waals surface area contributed by atoms with Gasteiger partial charge in [-0.3, -0.25) is 4.79 Å². The number of aryl methyl sites for hydroxylation is 1. The molecule has 1 aliphatic rings. The Kier molecular flexibility index (Phi) is 4.69. The standard InChI is InChI=1S/C18H17N3O3S2/c1-2-24-18(23)15-11-5-3-4-6-14(11)25-17(15)19-16(22)10-7-8-12-13(9-10)21-26-20-12/h7-9H,2-6H2,1H3,(H,19,22). The van der Waals surface area contributed by atoms with Gasteiger partial charge in [0.2, 0.25) is 0 Å². The molecule has 8 heteroatoms. The molecule has 6 nitrogen and oxygen atoms in total. The molecule has 26 heavy (non-hydrogen) atoms. The molecule has 0 saturated heterocycles. The van der Waals surface area contributed by atoms with Gasteiger partial charge in [-0.15, -0.1) is 11.3 Å². The highest BCUT2D eigenvalue weighted by Crippen LogP contribution is 2.38. The second-order valence-corrected chi connectivity index (χ2v) is 7.69. The number of carbonyl (C=O) groups is 2. The Bertz CT molecular complexity index is 993. The van der Waals surface area contributed by atoms with Crippen molar-refractivity contribution in [3.8, 4) is 0 Å². The van der Waals surface area contributed by atoms with Crippen LogP contribution in [-0.2, 0) is 17.6 Å². The van der Waals surface area contributed by atoms with Crippen LogP contribution in [0.25, 0.3) is 11.0 Å². The Morgan fingerprint density at radius 2 is 2.00 bits per heavy atom. The fourth-order valence-corrected chi connectivity index (χ4v) is 4.96. The van der Waals surface area contributed by atoms with Gasteiger partial charge in [-0.05, 0) is 56.4 Å². The van der Waals surface area contributed by atoms with Gasteiger partial charge < -0.3 is 10.1 Å². The van der Waals surface area contributed by atoms with E-state index in [2.05, 4.69) is 14.1 Å². The monoisotopic (exact) mass is 387 g/mol. The number of rotatable bonds is 4. The highest BCUT2D eigenvalue weighted by molar-refractivity contribution is 7.17. The number of fused-ring (bicyclic) bond motifs is 2. The highest BCUT2D eigenvalue weighted by atomic mass is 32.1. The van der Waals surface area contributed by atoms with Gasteiger partial charge in [0.1, 0.15) is 16.0 Å². The number of thiophene rings is 1. The van der Waals surface area contributed by atoms with Crippen LogP contribution in [-0.4, -0.2) is 27.2 Å². The Balaban J connectivity index is 1.67. The van der Waals surface area contributed by atoms with Crippen LogP contribution in [0.5, 0.6) is 0 Å². The zero-order valence-corrected chi connectivity index (χ0v) is 15.8. The van der Waals surface area contributed by atoms with E-state index >= 15 is 0 Å². The van der Waals surface area contributed by atoms with Crippen molar-refractivity contribution in [3.63, 3.8) is 0 Å². The van der Waals surface area contributed by atoms with Crippen molar-refractivity contribution in [2.75, 3.05) is 11.9 Å². The van der Waals surface area contributed by atoms with Crippen LogP contribution in [0.3, 0.4) is 0 Å². The van der Waals surface area contributed by atoms with Crippen molar-refractivity contribution >= 4 is 51.0 Å². The molecule has 1 N–H and O–H groups in total. The lowest BCUT2D eigenvalue weighted by Gasteiger charge is -2.12. The molecule has 2 aromatic heterocycles. The number of amides is 1. The lowest BCUT2D eigenvalue weighted by molar-refractivity contribution is 0.0526. The van der Waals surface area contributed by atoms with Crippen molar-refractivity contribution in [1.29, 1.82) is 0 Å². The first-order valence-corrected chi connectivity index (χ1v) is 10.1. The summed E-state index contributed by atoms with van der Waals surface area (Å²) in [5.41, 5.74) is 3.51. The summed E-state index contributed by atoms with van der Waals surface area (Å²) in [6.07, 6.45) is 3.96. The second-order valence-electron chi connectivity index (χ2n) is 6.06. The van der Waals surface area contributed by atoms with E-state index in [0.717, 1.165) is 48.5 Å². The molecule has 134 valence electrons. The molecule has 0 fully saturated rings. The third-order valence-corrected chi connectivity index (χ3v) is 6.16. The SMILES string of the molecule is CCOC(=O)c1c(NC(=O)c2ccc3nsnc3c2)sc2c1CCCC2. The fourth-order valence-electron chi connectivity index (χ4n) is 3.17. The molecule has 1 aliphatic carbocycles. The molecule has 0 aliphatic heterocycles. The lowest BCUT2D eigenvalue weighted by Crippen LogP contribution is -2.15. The van der Waals surface area contributed by atoms with E-state index in [4.69, 9.17) is 4.74 Å². The van der Waals surface area contributed by atoms with Gasteiger partial charge in [-0.25, -0.2) is 4.79 Å². The maximum atomic E-state index is 12.7. The first-order chi connectivity index (χ1) is 12.7. The average molecular weight is 387 g/mol. The third-order valence-electron chi connectivity index (χ3n) is 4.39. The summed E-state index contributed by atoms with van der Waals surface area (Å²) >= 11 is 2.60. The van der Waals surface area contributed by atoms with Crippen LogP contribution in [0.2, 0.25) is 0 Å². The normalized spacial score (nSPS) is 13.4. The summed E-state index contributed by atoms with van der Waals surface area (Å²) in [5.74, 6) is -0.620. The number of carbonyl (C=O) groups excluding carboxylic acids is 2. The number of hydrogen-bond acceptors (Lipinski definition) is 7. The van der Waals surface area contributed by atoms with Gasteiger partial charge in [-0.1, -0.05) is 0 Å². The molecule has 2 heterocycles. The Morgan fingerprint density at radius 1 is 1.19 bits per heavy atom. The number of aromatic nitrogens is 2. The molecular weight excluding hydrogens is 370 g/mol. The summed E-state index contributed by atoms with van der Waals surface area (Å²) in [7, 11) is 0. The molecule has 4 rings (SSSR count). The van der Waals surface area contributed by atoms with Crippen molar-refractivity contribution in [2.45, 2.75) is 32.6 Å². The number of hydrogen-bond donors (Lipinski definition) is 1. The molecule has 1 aromatic carbocycles. The number of esters is 1. The smallest absolute Gasteiger partial charge is 0.341 e. The summed E-state index contributed by atoms with van der Waals surface area (Å²) in [4.78, 5) is 26.4. The zero-order chi connectivity index (χ0) is 18.1. The number of ether oxygens (including phenoxy) is 1. The summed E-state index contributed by atoms with van der Waals surface area (Å²) in [5, 5.41) is 3.49. The van der Waals surface area contributed by atoms with Crippen LogP contribution >= 0.6 is 23.1 Å². The minimum Gasteiger partial charge on any atom is -0.462 e. The Morgan fingerprint density at radius 3 is 2.85 bits per heavy atom. The predicted molar refractivity (Wildman–Crippen MR) is 102 cm³/mol. The summed E-state index contributed by atoms with van der Waals surface area (Å²) < 4.78 is 13.5. The quantitative estimate of drug-likeness (QED) is 0.683. The molecule has 0 bridgehead atoms. The number of nitrogens with one attached hydrogen (secondary N) is 1. The first kappa shape index (κ1) is 17.1. The highest BCUT2D eigenvalue weighted by Gasteiger charge is 2.27. The molecule has 0 radical (unpaired) electrons. The fraction of sp³-hybridized carbons (Fsp3) is 0.333. The molecule has 1 amide bonds. The van der Waals surface area contributed by atoms with Crippen molar-refractivity contribution in [3.05, 3.63) is 39.8 Å². The van der Waals surface area contributed by atoms with Crippen molar-refractivity contribution in [2.24, 2.45) is 0 Å². The van der Waals surface area contributed by atoms with Gasteiger partial charge in [0.05, 0.1) is 23.9 Å². The van der Waals surface area contributed by atoms with Gasteiger partial charge >= 0.3 is 5.97 Å². The molecule has 0 atom stereocenters. The number of nitrogens with zero attached hydrogens (tertiary/aromatic N) is 2. The summed E-state index contributed by atoms with van der Waals surface area (Å²) in [6.45, 7) is 2.09. The number of benzene rings is 1. The predicted octanol–water partition coefficient (Wildman–Crippen LogP) is 4.06. The van der Waals surface area contributed by atoms with Crippen molar-refractivity contribution < 1.29 is 14.3 Å². The Hall–Kier alpha value is -2.32. The molecule has 0 spiro atoms. The topological polar surface area (TPSA) is 81.2 Å². The van der Waals surface area contributed by atoms with Gasteiger partial charge in [-0.2, -0.15) is 8.75 Å². The molecular formula is C18H17N3O3S2. The van der Waals surface area contributed by atoms with Crippen LogP contribution in [0.15, 0.2) is 18.2 Å². The maximum Gasteiger partial charge on any atom is 0.341 e. The average Bonchev–Trinajstić information content (AvgIpc) is 3.25. The van der Waals surface area contributed by atoms with Crippen molar-refractivity contribution in [1.82, 2.24) is 8.75 Å². The van der Waals surface area contributed by atoms with E-state index in [1.54, 1.807) is 25.1 Å². The van der Waals surface area contributed by atoms with Crippen LogP contribution in [0.4, 0.5) is 5.00 Å². The maximum absolute atomic E-state index is 12.7. The largest absolute Gasteiger partial charge is 0.462 e. The minimum absolute atomic E-state index is 0.260. The van der Waals surface area contributed by atoms with Crippen LogP contribution in [0.1, 0.15) is 50.9 Å². The van der Waals surface area contributed by atoms with Crippen LogP contribution in [0, 0.1) is 0 Å². The minimum atomic E-state index is -0.360. The summed E-state index contributed by atoms with van der Waals surface area (Å²) in [6, 6.07) is 5.21.